The zero-order valence-corrected chi connectivity index (χ0v) is 14.2. The molecule has 0 aliphatic heterocycles. The van der Waals surface area contributed by atoms with E-state index < -0.39 is 0 Å². The Hall–Kier alpha value is -1.33. The van der Waals surface area contributed by atoms with E-state index in [0.717, 1.165) is 24.7 Å². The van der Waals surface area contributed by atoms with Crippen LogP contribution in [0.25, 0.3) is 0 Å². The average Bonchev–Trinajstić information content (AvgIpc) is 2.47. The van der Waals surface area contributed by atoms with E-state index in [0.29, 0.717) is 18.7 Å². The molecule has 0 bridgehead atoms. The van der Waals surface area contributed by atoms with Gasteiger partial charge in [0, 0.05) is 26.7 Å². The summed E-state index contributed by atoms with van der Waals surface area (Å²) < 4.78 is 5.24. The van der Waals surface area contributed by atoms with Crippen LogP contribution in [0.3, 0.4) is 0 Å². The summed E-state index contributed by atoms with van der Waals surface area (Å²) in [6, 6.07) is 9.57. The summed E-state index contributed by atoms with van der Waals surface area (Å²) in [6.07, 6.45) is 0. The lowest BCUT2D eigenvalue weighted by Gasteiger charge is -2.11. The number of halogens is 1. The van der Waals surface area contributed by atoms with Crippen LogP contribution in [0.5, 0.6) is 0 Å². The lowest BCUT2D eigenvalue weighted by molar-refractivity contribution is 0.152. The first kappa shape index (κ1) is 18.7. The number of hydrogen-bond acceptors (Lipinski definition) is 3. The minimum atomic E-state index is 0. The van der Waals surface area contributed by atoms with Crippen LogP contribution in [0.15, 0.2) is 29.3 Å². The Morgan fingerprint density at radius 3 is 2.55 bits per heavy atom. The number of nitrogens with one attached hydrogen (secondary N) is 2. The molecule has 20 heavy (non-hydrogen) atoms. The molecule has 0 radical (unpaired) electrons. The molecule has 0 fully saturated rings. The minimum Gasteiger partial charge on any atom is -0.380 e. The Balaban J connectivity index is 0.00000361. The SMILES string of the molecule is CCOCCNC(=NC)NCc1ccc(C#N)cc1.I. The number of nitrogens with zero attached hydrogens (tertiary/aromatic N) is 2. The van der Waals surface area contributed by atoms with Crippen molar-refractivity contribution in [1.82, 2.24) is 10.6 Å². The van der Waals surface area contributed by atoms with Gasteiger partial charge in [0.1, 0.15) is 0 Å². The van der Waals surface area contributed by atoms with Gasteiger partial charge in [-0.1, -0.05) is 12.1 Å². The first-order valence-electron chi connectivity index (χ1n) is 6.31. The fraction of sp³-hybridized carbons (Fsp3) is 0.429. The molecule has 0 aliphatic carbocycles. The van der Waals surface area contributed by atoms with E-state index in [9.17, 15) is 0 Å². The molecule has 0 saturated carbocycles. The van der Waals surface area contributed by atoms with Crippen LogP contribution in [-0.2, 0) is 11.3 Å². The molecule has 5 nitrogen and oxygen atoms in total. The van der Waals surface area contributed by atoms with E-state index in [-0.39, 0.29) is 24.0 Å². The first-order valence-corrected chi connectivity index (χ1v) is 6.31. The summed E-state index contributed by atoms with van der Waals surface area (Å²) in [4.78, 5) is 4.12. The van der Waals surface area contributed by atoms with Crippen molar-refractivity contribution in [3.63, 3.8) is 0 Å². The van der Waals surface area contributed by atoms with Gasteiger partial charge in [-0.2, -0.15) is 5.26 Å². The van der Waals surface area contributed by atoms with Crippen LogP contribution in [0.1, 0.15) is 18.1 Å². The lowest BCUT2D eigenvalue weighted by atomic mass is 10.1. The zero-order valence-electron chi connectivity index (χ0n) is 11.8. The second-order valence-electron chi connectivity index (χ2n) is 3.86. The molecule has 0 atom stereocenters. The van der Waals surface area contributed by atoms with Gasteiger partial charge >= 0.3 is 0 Å². The van der Waals surface area contributed by atoms with Crippen molar-refractivity contribution in [1.29, 1.82) is 5.26 Å². The molecular formula is C14H21IN4O. The fourth-order valence-electron chi connectivity index (χ4n) is 1.49. The van der Waals surface area contributed by atoms with Gasteiger partial charge < -0.3 is 15.4 Å². The Morgan fingerprint density at radius 2 is 2.00 bits per heavy atom. The van der Waals surface area contributed by atoms with Crippen molar-refractivity contribution in [3.05, 3.63) is 35.4 Å². The molecule has 6 heteroatoms. The van der Waals surface area contributed by atoms with Gasteiger partial charge in [0.05, 0.1) is 18.2 Å². The topological polar surface area (TPSA) is 69.4 Å². The monoisotopic (exact) mass is 388 g/mol. The van der Waals surface area contributed by atoms with E-state index in [1.807, 2.05) is 31.2 Å². The number of aliphatic imine (C=N–C) groups is 1. The smallest absolute Gasteiger partial charge is 0.191 e. The molecule has 0 saturated heterocycles. The van der Waals surface area contributed by atoms with Crippen molar-refractivity contribution < 1.29 is 4.74 Å². The summed E-state index contributed by atoms with van der Waals surface area (Å²) in [6.45, 7) is 4.74. The van der Waals surface area contributed by atoms with Crippen molar-refractivity contribution in [2.24, 2.45) is 4.99 Å². The van der Waals surface area contributed by atoms with Gasteiger partial charge in [-0.15, -0.1) is 24.0 Å². The normalized spacial score (nSPS) is 10.3. The van der Waals surface area contributed by atoms with Gasteiger partial charge in [0.15, 0.2) is 5.96 Å². The van der Waals surface area contributed by atoms with Gasteiger partial charge in [-0.3, -0.25) is 4.99 Å². The highest BCUT2D eigenvalue weighted by atomic mass is 127. The predicted octanol–water partition coefficient (Wildman–Crippen LogP) is 1.88. The zero-order chi connectivity index (χ0) is 13.9. The maximum Gasteiger partial charge on any atom is 0.191 e. The van der Waals surface area contributed by atoms with Gasteiger partial charge in [0.25, 0.3) is 0 Å². The number of ether oxygens (including phenoxy) is 1. The number of hydrogen-bond donors (Lipinski definition) is 2. The fourth-order valence-corrected chi connectivity index (χ4v) is 1.49. The van der Waals surface area contributed by atoms with E-state index in [1.165, 1.54) is 0 Å². The van der Waals surface area contributed by atoms with Gasteiger partial charge in [0.2, 0.25) is 0 Å². The minimum absolute atomic E-state index is 0. The molecule has 1 aromatic rings. The predicted molar refractivity (Wildman–Crippen MR) is 91.3 cm³/mol. The Kier molecular flexibility index (Phi) is 10.7. The van der Waals surface area contributed by atoms with Crippen LogP contribution in [0.4, 0.5) is 0 Å². The van der Waals surface area contributed by atoms with E-state index in [2.05, 4.69) is 21.7 Å². The Morgan fingerprint density at radius 1 is 1.30 bits per heavy atom. The highest BCUT2D eigenvalue weighted by Crippen LogP contribution is 2.02. The third-order valence-corrected chi connectivity index (χ3v) is 2.51. The second-order valence-corrected chi connectivity index (χ2v) is 3.86. The third kappa shape index (κ3) is 7.31. The van der Waals surface area contributed by atoms with Crippen LogP contribution >= 0.6 is 24.0 Å². The highest BCUT2D eigenvalue weighted by molar-refractivity contribution is 14.0. The summed E-state index contributed by atoms with van der Waals surface area (Å²) in [5.74, 6) is 0.740. The Bertz CT molecular complexity index is 439. The highest BCUT2D eigenvalue weighted by Gasteiger charge is 1.98. The summed E-state index contributed by atoms with van der Waals surface area (Å²) in [7, 11) is 1.73. The molecule has 1 aromatic carbocycles. The third-order valence-electron chi connectivity index (χ3n) is 2.51. The number of benzene rings is 1. The first-order chi connectivity index (χ1) is 9.30. The van der Waals surface area contributed by atoms with Crippen molar-refractivity contribution in [3.8, 4) is 6.07 Å². The summed E-state index contributed by atoms with van der Waals surface area (Å²) in [5.41, 5.74) is 1.77. The van der Waals surface area contributed by atoms with Crippen molar-refractivity contribution in [2.45, 2.75) is 13.5 Å². The standard InChI is InChI=1S/C14H20N4O.HI/c1-3-19-9-8-17-14(16-2)18-11-13-6-4-12(10-15)5-7-13;/h4-7H,3,8-9,11H2,1-2H3,(H2,16,17,18);1H. The summed E-state index contributed by atoms with van der Waals surface area (Å²) >= 11 is 0. The molecule has 0 aliphatic rings. The molecule has 2 N–H and O–H groups in total. The van der Waals surface area contributed by atoms with Crippen LogP contribution in [-0.4, -0.2) is 32.8 Å². The number of nitriles is 1. The number of guanidine groups is 1. The van der Waals surface area contributed by atoms with Crippen LogP contribution in [0, 0.1) is 11.3 Å². The molecule has 0 amide bonds. The molecule has 0 spiro atoms. The molecule has 0 aromatic heterocycles. The lowest BCUT2D eigenvalue weighted by Crippen LogP contribution is -2.38. The van der Waals surface area contributed by atoms with Crippen molar-refractivity contribution in [2.75, 3.05) is 26.8 Å². The maximum atomic E-state index is 8.72. The molecular weight excluding hydrogens is 367 g/mol. The van der Waals surface area contributed by atoms with Gasteiger partial charge in [-0.05, 0) is 24.6 Å². The molecule has 0 unspecified atom stereocenters. The largest absolute Gasteiger partial charge is 0.380 e. The van der Waals surface area contributed by atoms with E-state index in [1.54, 1.807) is 7.05 Å². The molecule has 0 heterocycles. The quantitative estimate of drug-likeness (QED) is 0.338. The number of rotatable bonds is 6. The van der Waals surface area contributed by atoms with Crippen molar-refractivity contribution >= 4 is 29.9 Å². The second kappa shape index (κ2) is 11.5. The molecule has 1 rings (SSSR count). The van der Waals surface area contributed by atoms with Crippen LogP contribution in [0.2, 0.25) is 0 Å². The summed E-state index contributed by atoms with van der Waals surface area (Å²) in [5, 5.41) is 15.1. The van der Waals surface area contributed by atoms with Gasteiger partial charge in [-0.25, -0.2) is 0 Å². The van der Waals surface area contributed by atoms with Crippen LogP contribution < -0.4 is 10.6 Å². The van der Waals surface area contributed by atoms with E-state index in [4.69, 9.17) is 10.00 Å². The maximum absolute atomic E-state index is 8.72. The average molecular weight is 388 g/mol. The molecule has 110 valence electrons. The van der Waals surface area contributed by atoms with E-state index >= 15 is 0 Å². The Labute approximate surface area is 137 Å².